The monoisotopic (exact) mass is 335 g/mol. The number of carbonyl (C=O) groups excluding carboxylic acids is 3. The zero-order valence-corrected chi connectivity index (χ0v) is 15.2. The first-order valence-electron chi connectivity index (χ1n) is 8.67. The van der Waals surface area contributed by atoms with E-state index in [2.05, 4.69) is 11.7 Å². The summed E-state index contributed by atoms with van der Waals surface area (Å²) in [4.78, 5) is 33.2. The maximum atomic E-state index is 11.5. The number of rotatable bonds is 14. The van der Waals surface area contributed by atoms with Crippen molar-refractivity contribution in [3.05, 3.63) is 0 Å². The van der Waals surface area contributed by atoms with E-state index in [-0.39, 0.29) is 38.1 Å². The van der Waals surface area contributed by atoms with Crippen LogP contribution >= 0.6 is 0 Å². The van der Waals surface area contributed by atoms with Crippen molar-refractivity contribution in [2.24, 2.45) is 5.73 Å². The number of ether oxygens (including phenoxy) is 1. The Labute approximate surface area is 157 Å². The van der Waals surface area contributed by atoms with E-state index in [0.717, 1.165) is 12.8 Å². The van der Waals surface area contributed by atoms with Crippen LogP contribution in [0.1, 0.15) is 84.0 Å². The van der Waals surface area contributed by atoms with Gasteiger partial charge >= 0.3 is 30.8 Å². The predicted molar refractivity (Wildman–Crippen MR) is 85.2 cm³/mol. The second-order valence-corrected chi connectivity index (χ2v) is 5.89. The van der Waals surface area contributed by atoms with Gasteiger partial charge in [0.1, 0.15) is 6.04 Å². The Bertz CT molecular complexity index is 363. The number of carboxylic acid groups (broad SMARTS) is 1. The summed E-state index contributed by atoms with van der Waals surface area (Å²) in [7, 11) is 0. The second kappa shape index (κ2) is 17.0. The summed E-state index contributed by atoms with van der Waals surface area (Å²) in [6.45, 7) is 2.19. The fraction of sp³-hybridized carbons (Fsp3) is 0.824. The Balaban J connectivity index is 0. The summed E-state index contributed by atoms with van der Waals surface area (Å²) in [5.74, 6) is -2.75. The quantitative estimate of drug-likeness (QED) is 0.186. The van der Waals surface area contributed by atoms with Gasteiger partial charge in [0.15, 0.2) is 0 Å². The molecule has 0 radical (unpaired) electrons. The zero-order chi connectivity index (χ0) is 17.5. The predicted octanol–water partition coefficient (Wildman–Crippen LogP) is -1.16. The van der Waals surface area contributed by atoms with Gasteiger partial charge in [0, 0.05) is 12.4 Å². The van der Waals surface area contributed by atoms with Crippen molar-refractivity contribution in [3.8, 4) is 0 Å². The van der Waals surface area contributed by atoms with Crippen LogP contribution in [0.2, 0.25) is 0 Å². The third kappa shape index (κ3) is 16.0. The maximum Gasteiger partial charge on any atom is 1.00 e. The molecule has 0 heterocycles. The van der Waals surface area contributed by atoms with Gasteiger partial charge in [0.2, 0.25) is 0 Å². The molecule has 0 spiro atoms. The molecule has 0 aliphatic rings. The van der Waals surface area contributed by atoms with E-state index >= 15 is 0 Å². The molecule has 24 heavy (non-hydrogen) atoms. The summed E-state index contributed by atoms with van der Waals surface area (Å²) in [6.07, 6.45) is 9.99. The van der Waals surface area contributed by atoms with Crippen LogP contribution in [-0.2, 0) is 19.1 Å². The Kier molecular flexibility index (Phi) is 18.0. The van der Waals surface area contributed by atoms with Gasteiger partial charge in [-0.2, -0.15) is 0 Å². The molecule has 2 N–H and O–H groups in total. The third-order valence-corrected chi connectivity index (χ3v) is 3.66. The molecule has 0 aromatic carbocycles. The smallest absolute Gasteiger partial charge is 0.550 e. The summed E-state index contributed by atoms with van der Waals surface area (Å²) in [5.41, 5.74) is 5.44. The molecule has 134 valence electrons. The van der Waals surface area contributed by atoms with Gasteiger partial charge in [-0.3, -0.25) is 4.79 Å². The molecule has 1 atom stereocenters. The average molecular weight is 335 g/mol. The molecule has 0 aliphatic carbocycles. The van der Waals surface area contributed by atoms with Crippen molar-refractivity contribution in [1.29, 1.82) is 0 Å². The molecule has 0 amide bonds. The number of carboxylic acids is 1. The van der Waals surface area contributed by atoms with Crippen LogP contribution in [0.3, 0.4) is 0 Å². The van der Waals surface area contributed by atoms with Gasteiger partial charge in [-0.25, -0.2) is 4.79 Å². The molecular formula is C17H30LiNO5. The number of esters is 2. The van der Waals surface area contributed by atoms with Crippen molar-refractivity contribution in [2.45, 2.75) is 90.0 Å². The number of nitrogens with two attached hydrogens (primary N) is 1. The van der Waals surface area contributed by atoms with E-state index in [9.17, 15) is 19.5 Å². The minimum absolute atomic E-state index is 0. The summed E-state index contributed by atoms with van der Waals surface area (Å²) in [6, 6.07) is -1.10. The summed E-state index contributed by atoms with van der Waals surface area (Å²) >= 11 is 0. The van der Waals surface area contributed by atoms with Crippen LogP contribution in [0.15, 0.2) is 0 Å². The topological polar surface area (TPSA) is 110 Å². The van der Waals surface area contributed by atoms with Gasteiger partial charge in [-0.05, 0) is 19.3 Å². The summed E-state index contributed by atoms with van der Waals surface area (Å²) < 4.78 is 4.60. The van der Waals surface area contributed by atoms with Crippen LogP contribution in [0, 0.1) is 0 Å². The van der Waals surface area contributed by atoms with E-state index in [1.807, 2.05) is 0 Å². The molecule has 0 aromatic rings. The number of hydrogen-bond donors (Lipinski definition) is 1. The van der Waals surface area contributed by atoms with E-state index in [1.165, 1.54) is 38.5 Å². The van der Waals surface area contributed by atoms with Crippen LogP contribution in [-0.4, -0.2) is 23.9 Å². The minimum Gasteiger partial charge on any atom is -0.550 e. The van der Waals surface area contributed by atoms with Gasteiger partial charge in [-0.1, -0.05) is 58.3 Å². The molecule has 1 unspecified atom stereocenters. The molecule has 0 aliphatic heterocycles. The first-order valence-corrected chi connectivity index (χ1v) is 8.67. The van der Waals surface area contributed by atoms with Crippen LogP contribution in [0.4, 0.5) is 0 Å². The molecule has 0 saturated heterocycles. The SMILES string of the molecule is CCCCCCCCCCCC(=O)OC(=O)C(N)CCC(=O)[O-].[Li+]. The van der Waals surface area contributed by atoms with E-state index in [4.69, 9.17) is 5.73 Å². The van der Waals surface area contributed by atoms with Crippen molar-refractivity contribution >= 4 is 17.9 Å². The van der Waals surface area contributed by atoms with Crippen molar-refractivity contribution in [3.63, 3.8) is 0 Å². The molecule has 0 rings (SSSR count). The molecule has 0 fully saturated rings. The molecule has 0 aromatic heterocycles. The molecule has 7 heteroatoms. The fourth-order valence-corrected chi connectivity index (χ4v) is 2.21. The maximum absolute atomic E-state index is 11.5. The van der Waals surface area contributed by atoms with Gasteiger partial charge < -0.3 is 20.4 Å². The standard InChI is InChI=1S/C17H31NO5.Li/c1-2-3-4-5-6-7-8-9-10-11-16(21)23-17(22)14(18)12-13-15(19)20;/h14H,2-13,18H2,1H3,(H,19,20);/q;+1/p-1. The van der Waals surface area contributed by atoms with Crippen LogP contribution < -0.4 is 29.7 Å². The number of hydrogen-bond acceptors (Lipinski definition) is 6. The Morgan fingerprint density at radius 3 is 1.92 bits per heavy atom. The van der Waals surface area contributed by atoms with Crippen LogP contribution in [0.25, 0.3) is 0 Å². The molecule has 0 bridgehead atoms. The zero-order valence-electron chi connectivity index (χ0n) is 15.2. The Morgan fingerprint density at radius 2 is 1.42 bits per heavy atom. The van der Waals surface area contributed by atoms with E-state index in [1.54, 1.807) is 0 Å². The number of carbonyl (C=O) groups is 3. The fourth-order valence-electron chi connectivity index (χ4n) is 2.21. The normalized spacial score (nSPS) is 11.4. The van der Waals surface area contributed by atoms with E-state index in [0.29, 0.717) is 6.42 Å². The third-order valence-electron chi connectivity index (χ3n) is 3.66. The van der Waals surface area contributed by atoms with Crippen LogP contribution in [0.5, 0.6) is 0 Å². The molecular weight excluding hydrogens is 305 g/mol. The van der Waals surface area contributed by atoms with Crippen molar-refractivity contribution in [1.82, 2.24) is 0 Å². The van der Waals surface area contributed by atoms with E-state index < -0.39 is 23.9 Å². The number of unbranched alkanes of at least 4 members (excludes halogenated alkanes) is 8. The molecule has 6 nitrogen and oxygen atoms in total. The average Bonchev–Trinajstić information content (AvgIpc) is 2.50. The van der Waals surface area contributed by atoms with Gasteiger partial charge in [-0.15, -0.1) is 0 Å². The first-order chi connectivity index (χ1) is 11.0. The minimum atomic E-state index is -1.28. The molecule has 0 saturated carbocycles. The van der Waals surface area contributed by atoms with Crippen molar-refractivity contribution in [2.75, 3.05) is 0 Å². The summed E-state index contributed by atoms with van der Waals surface area (Å²) in [5, 5.41) is 10.3. The Morgan fingerprint density at radius 1 is 0.917 bits per heavy atom. The van der Waals surface area contributed by atoms with Gasteiger partial charge in [0.05, 0.1) is 0 Å². The largest absolute Gasteiger partial charge is 1.00 e. The second-order valence-electron chi connectivity index (χ2n) is 5.89. The first kappa shape index (κ1) is 25.4. The van der Waals surface area contributed by atoms with Crippen molar-refractivity contribution < 1.29 is 43.1 Å². The Hall–Kier alpha value is -0.833. The number of aliphatic carboxylic acids is 1. The van der Waals surface area contributed by atoms with Gasteiger partial charge in [0.25, 0.3) is 0 Å².